The fraction of sp³-hybridized carbons (Fsp3) is 0.643. The smallest absolute Gasteiger partial charge is 0.374 e. The highest BCUT2D eigenvalue weighted by Gasteiger charge is 2.33. The van der Waals surface area contributed by atoms with Crippen molar-refractivity contribution in [1.82, 2.24) is 4.90 Å². The number of furan rings is 1. The first-order chi connectivity index (χ1) is 9.45. The molecular formula is C14H21NO5. The van der Waals surface area contributed by atoms with Crippen LogP contribution in [0.1, 0.15) is 30.0 Å². The van der Waals surface area contributed by atoms with E-state index < -0.39 is 5.97 Å². The van der Waals surface area contributed by atoms with E-state index in [-0.39, 0.29) is 24.1 Å². The van der Waals surface area contributed by atoms with E-state index in [2.05, 4.69) is 4.90 Å². The zero-order chi connectivity index (χ0) is 14.8. The molecule has 112 valence electrons. The van der Waals surface area contributed by atoms with Gasteiger partial charge in [0.1, 0.15) is 0 Å². The van der Waals surface area contributed by atoms with E-state index in [1.807, 2.05) is 13.8 Å². The van der Waals surface area contributed by atoms with Gasteiger partial charge in [0.05, 0.1) is 31.7 Å². The topological polar surface area (TPSA) is 72.1 Å². The normalized spacial score (nSPS) is 22.7. The standard InChI is InChI=1S/C14H21NO5/c1-14(2)9-15(7-11(8-16)20-14)6-10-4-5-19-12(10)13(17)18-3/h4-5,11,16H,6-9H2,1-3H3. The van der Waals surface area contributed by atoms with Crippen molar-refractivity contribution in [3.8, 4) is 0 Å². The van der Waals surface area contributed by atoms with Gasteiger partial charge in [-0.05, 0) is 19.9 Å². The van der Waals surface area contributed by atoms with Crippen molar-refractivity contribution in [3.63, 3.8) is 0 Å². The van der Waals surface area contributed by atoms with Crippen molar-refractivity contribution < 1.29 is 23.8 Å². The molecule has 20 heavy (non-hydrogen) atoms. The summed E-state index contributed by atoms with van der Waals surface area (Å²) in [6, 6.07) is 1.77. The first-order valence-corrected chi connectivity index (χ1v) is 6.61. The molecule has 1 fully saturated rings. The molecule has 1 aliphatic heterocycles. The second-order valence-electron chi connectivity index (χ2n) is 5.62. The average molecular weight is 283 g/mol. The van der Waals surface area contributed by atoms with Gasteiger partial charge in [0.15, 0.2) is 0 Å². The maximum absolute atomic E-state index is 11.6. The number of esters is 1. The number of ether oxygens (including phenoxy) is 2. The molecule has 2 heterocycles. The fourth-order valence-electron chi connectivity index (χ4n) is 2.61. The van der Waals surface area contributed by atoms with Gasteiger partial charge in [0.2, 0.25) is 5.76 Å². The highest BCUT2D eigenvalue weighted by molar-refractivity contribution is 5.87. The lowest BCUT2D eigenvalue weighted by atomic mass is 10.0. The summed E-state index contributed by atoms with van der Waals surface area (Å²) in [5.41, 5.74) is 0.451. The number of carbonyl (C=O) groups excluding carboxylic acids is 1. The molecule has 0 aromatic carbocycles. The molecule has 0 radical (unpaired) electrons. The predicted molar refractivity (Wildman–Crippen MR) is 71.4 cm³/mol. The first kappa shape index (κ1) is 15.0. The van der Waals surface area contributed by atoms with Crippen molar-refractivity contribution >= 4 is 5.97 Å². The molecule has 1 unspecified atom stereocenters. The van der Waals surface area contributed by atoms with Crippen LogP contribution in [-0.2, 0) is 16.0 Å². The molecule has 1 aromatic rings. The highest BCUT2D eigenvalue weighted by Crippen LogP contribution is 2.23. The van der Waals surface area contributed by atoms with Crippen LogP contribution >= 0.6 is 0 Å². The molecule has 0 bridgehead atoms. The van der Waals surface area contributed by atoms with Crippen LogP contribution in [0, 0.1) is 0 Å². The van der Waals surface area contributed by atoms with E-state index in [1.54, 1.807) is 6.07 Å². The van der Waals surface area contributed by atoms with Crippen LogP contribution in [-0.4, -0.2) is 54.5 Å². The van der Waals surface area contributed by atoms with Crippen molar-refractivity contribution in [2.45, 2.75) is 32.1 Å². The quantitative estimate of drug-likeness (QED) is 0.832. The molecule has 1 N–H and O–H groups in total. The summed E-state index contributed by atoms with van der Waals surface area (Å²) in [6.07, 6.45) is 1.27. The number of rotatable bonds is 4. The summed E-state index contributed by atoms with van der Waals surface area (Å²) >= 11 is 0. The number of morpholine rings is 1. The Kier molecular flexibility index (Phi) is 4.47. The van der Waals surface area contributed by atoms with E-state index >= 15 is 0 Å². The maximum Gasteiger partial charge on any atom is 0.374 e. The summed E-state index contributed by atoms with van der Waals surface area (Å²) in [4.78, 5) is 13.7. The Morgan fingerprint density at radius 2 is 2.35 bits per heavy atom. The maximum atomic E-state index is 11.6. The molecule has 1 aliphatic rings. The predicted octanol–water partition coefficient (Wildman–Crippen LogP) is 1.04. The van der Waals surface area contributed by atoms with Gasteiger partial charge in [0, 0.05) is 25.2 Å². The van der Waals surface area contributed by atoms with Gasteiger partial charge < -0.3 is 19.0 Å². The zero-order valence-electron chi connectivity index (χ0n) is 12.1. The van der Waals surface area contributed by atoms with Gasteiger partial charge in [-0.3, -0.25) is 4.90 Å². The lowest BCUT2D eigenvalue weighted by Gasteiger charge is -2.42. The highest BCUT2D eigenvalue weighted by atomic mass is 16.5. The molecule has 0 aliphatic carbocycles. The van der Waals surface area contributed by atoms with Crippen LogP contribution in [0.5, 0.6) is 0 Å². The Balaban J connectivity index is 2.09. The summed E-state index contributed by atoms with van der Waals surface area (Å²) in [6.45, 7) is 5.84. The van der Waals surface area contributed by atoms with Crippen LogP contribution in [0.3, 0.4) is 0 Å². The Hall–Kier alpha value is -1.37. The Morgan fingerprint density at radius 1 is 1.60 bits per heavy atom. The lowest BCUT2D eigenvalue weighted by Crippen LogP contribution is -2.53. The van der Waals surface area contributed by atoms with Crippen molar-refractivity contribution in [2.24, 2.45) is 0 Å². The number of nitrogens with zero attached hydrogens (tertiary/aromatic N) is 1. The van der Waals surface area contributed by atoms with Crippen LogP contribution in [0.25, 0.3) is 0 Å². The van der Waals surface area contributed by atoms with Gasteiger partial charge >= 0.3 is 5.97 Å². The number of hydrogen-bond donors (Lipinski definition) is 1. The molecule has 1 aromatic heterocycles. The zero-order valence-corrected chi connectivity index (χ0v) is 12.1. The molecule has 1 atom stereocenters. The average Bonchev–Trinajstić information content (AvgIpc) is 2.84. The minimum atomic E-state index is -0.476. The van der Waals surface area contributed by atoms with Crippen LogP contribution in [0.4, 0.5) is 0 Å². The summed E-state index contributed by atoms with van der Waals surface area (Å²) in [5.74, 6) is -0.242. The molecular weight excluding hydrogens is 262 g/mol. The third-order valence-corrected chi connectivity index (χ3v) is 3.27. The number of methoxy groups -OCH3 is 1. The van der Waals surface area contributed by atoms with Gasteiger partial charge in [0.25, 0.3) is 0 Å². The number of aliphatic hydroxyl groups excluding tert-OH is 1. The van der Waals surface area contributed by atoms with Crippen molar-refractivity contribution in [1.29, 1.82) is 0 Å². The van der Waals surface area contributed by atoms with E-state index in [4.69, 9.17) is 13.9 Å². The van der Waals surface area contributed by atoms with E-state index in [9.17, 15) is 9.90 Å². The summed E-state index contributed by atoms with van der Waals surface area (Å²) < 4.78 is 15.6. The Bertz CT molecular complexity index is 468. The molecule has 6 nitrogen and oxygen atoms in total. The third-order valence-electron chi connectivity index (χ3n) is 3.27. The minimum Gasteiger partial charge on any atom is -0.463 e. The largest absolute Gasteiger partial charge is 0.463 e. The van der Waals surface area contributed by atoms with E-state index in [1.165, 1.54) is 13.4 Å². The molecule has 0 saturated carbocycles. The van der Waals surface area contributed by atoms with E-state index in [0.717, 1.165) is 12.1 Å². The number of hydrogen-bond acceptors (Lipinski definition) is 6. The van der Waals surface area contributed by atoms with Gasteiger partial charge in [-0.25, -0.2) is 4.79 Å². The lowest BCUT2D eigenvalue weighted by molar-refractivity contribution is -0.150. The Labute approximate surface area is 118 Å². The van der Waals surface area contributed by atoms with Gasteiger partial charge in [-0.15, -0.1) is 0 Å². The first-order valence-electron chi connectivity index (χ1n) is 6.61. The molecule has 2 rings (SSSR count). The summed E-state index contributed by atoms with van der Waals surface area (Å²) in [5, 5.41) is 9.30. The number of aliphatic hydroxyl groups is 1. The van der Waals surface area contributed by atoms with Gasteiger partial charge in [-0.2, -0.15) is 0 Å². The third kappa shape index (κ3) is 3.39. The second-order valence-corrected chi connectivity index (χ2v) is 5.62. The monoisotopic (exact) mass is 283 g/mol. The minimum absolute atomic E-state index is 0.0187. The van der Waals surface area contributed by atoms with Crippen molar-refractivity contribution in [2.75, 3.05) is 26.8 Å². The Morgan fingerprint density at radius 3 is 3.00 bits per heavy atom. The van der Waals surface area contributed by atoms with Crippen LogP contribution < -0.4 is 0 Å². The van der Waals surface area contributed by atoms with Crippen LogP contribution in [0.15, 0.2) is 16.7 Å². The number of carbonyl (C=O) groups is 1. The molecule has 0 spiro atoms. The van der Waals surface area contributed by atoms with E-state index in [0.29, 0.717) is 13.1 Å². The van der Waals surface area contributed by atoms with Crippen molar-refractivity contribution in [3.05, 3.63) is 23.7 Å². The summed E-state index contributed by atoms with van der Waals surface area (Å²) in [7, 11) is 1.33. The molecule has 1 saturated heterocycles. The fourth-order valence-corrected chi connectivity index (χ4v) is 2.61. The molecule has 0 amide bonds. The van der Waals surface area contributed by atoms with Crippen LogP contribution in [0.2, 0.25) is 0 Å². The SMILES string of the molecule is COC(=O)c1occc1CN1CC(CO)OC(C)(C)C1. The van der Waals surface area contributed by atoms with Gasteiger partial charge in [-0.1, -0.05) is 0 Å². The molecule has 6 heteroatoms. The second kappa shape index (κ2) is 5.95.